The molecule has 5 rings (SSSR count). The zero-order valence-corrected chi connectivity index (χ0v) is 23.5. The fraction of sp³-hybridized carbons (Fsp3) is 0.267. The van der Waals surface area contributed by atoms with E-state index in [0.29, 0.717) is 23.0 Å². The largest absolute Gasteiger partial charge is 0.494 e. The molecule has 200 valence electrons. The molecule has 1 amide bonds. The van der Waals surface area contributed by atoms with Crippen LogP contribution in [0.25, 0.3) is 5.82 Å². The number of carbonyl (C=O) groups excluding carboxylic acids is 1. The maximum absolute atomic E-state index is 12.1. The van der Waals surface area contributed by atoms with Gasteiger partial charge in [0.15, 0.2) is 5.11 Å². The van der Waals surface area contributed by atoms with Crippen LogP contribution in [0.15, 0.2) is 67.0 Å². The van der Waals surface area contributed by atoms with Crippen molar-refractivity contribution in [2.24, 2.45) is 0 Å². The van der Waals surface area contributed by atoms with Gasteiger partial charge in [0.1, 0.15) is 11.6 Å². The molecule has 1 saturated heterocycles. The van der Waals surface area contributed by atoms with Crippen molar-refractivity contribution < 1.29 is 9.53 Å². The van der Waals surface area contributed by atoms with E-state index in [1.165, 1.54) is 0 Å². The molecule has 39 heavy (non-hydrogen) atoms. The maximum Gasteiger partial charge on any atom is 0.224 e. The summed E-state index contributed by atoms with van der Waals surface area (Å²) in [5, 5.41) is 7.02. The number of carbonyl (C=O) groups is 1. The molecule has 0 radical (unpaired) electrons. The number of amides is 1. The highest BCUT2D eigenvalue weighted by atomic mass is 32.1. The van der Waals surface area contributed by atoms with Crippen LogP contribution < -0.4 is 20.3 Å². The van der Waals surface area contributed by atoms with Gasteiger partial charge in [-0.25, -0.2) is 4.98 Å². The predicted octanol–water partition coefficient (Wildman–Crippen LogP) is 5.73. The monoisotopic (exact) mass is 540 g/mol. The molecule has 0 bridgehead atoms. The van der Waals surface area contributed by atoms with E-state index in [9.17, 15) is 4.79 Å². The highest BCUT2D eigenvalue weighted by Crippen LogP contribution is 2.45. The molecule has 1 aliphatic heterocycles. The van der Waals surface area contributed by atoms with E-state index in [1.807, 2.05) is 55.6 Å². The lowest BCUT2D eigenvalue weighted by Gasteiger charge is -2.29. The highest BCUT2D eigenvalue weighted by molar-refractivity contribution is 7.80. The number of hydrogen-bond acceptors (Lipinski definition) is 5. The van der Waals surface area contributed by atoms with E-state index in [-0.39, 0.29) is 18.0 Å². The second-order valence-electron chi connectivity index (χ2n) is 9.59. The smallest absolute Gasteiger partial charge is 0.224 e. The Morgan fingerprint density at radius 2 is 1.87 bits per heavy atom. The average molecular weight is 541 g/mol. The van der Waals surface area contributed by atoms with Crippen LogP contribution in [0.1, 0.15) is 53.6 Å². The normalized spacial score (nSPS) is 16.7. The minimum atomic E-state index is -0.197. The topological polar surface area (TPSA) is 84.3 Å². The number of aryl methyl sites for hydroxylation is 2. The Hall–Kier alpha value is -4.24. The lowest BCUT2D eigenvalue weighted by molar-refractivity contribution is -0.115. The number of ether oxygens (including phenoxy) is 1. The van der Waals surface area contributed by atoms with Crippen molar-refractivity contribution in [3.63, 3.8) is 0 Å². The second-order valence-corrected chi connectivity index (χ2v) is 9.98. The van der Waals surface area contributed by atoms with Gasteiger partial charge in [-0.2, -0.15) is 0 Å². The maximum atomic E-state index is 12.1. The number of thiocarbonyl (C=S) groups is 1. The molecule has 0 saturated carbocycles. The number of benzene rings is 1. The standard InChI is InChI=1S/C30H32N6O2S/c1-6-26(37)33-23-13-12-21(17-25(23)38-5)36-28(27(34-30(36)39)24-11-7-8-14-31-24)22-16-19(3)35(20(22)4)29-18(2)10-9-15-32-29/h7-17,27-28H,6H2,1-5H3,(H,33,37)(H,34,39)/t27-,28+/m0/s1. The number of pyridine rings is 2. The van der Waals surface area contributed by atoms with E-state index in [2.05, 4.69) is 63.0 Å². The van der Waals surface area contributed by atoms with Crippen molar-refractivity contribution in [1.82, 2.24) is 19.9 Å². The number of anilines is 2. The third kappa shape index (κ3) is 4.85. The molecule has 4 aromatic rings. The van der Waals surface area contributed by atoms with Crippen LogP contribution in [0, 0.1) is 20.8 Å². The van der Waals surface area contributed by atoms with Crippen molar-refractivity contribution in [2.75, 3.05) is 17.3 Å². The van der Waals surface area contributed by atoms with Crippen LogP contribution in [0.2, 0.25) is 0 Å². The van der Waals surface area contributed by atoms with Crippen molar-refractivity contribution in [1.29, 1.82) is 0 Å². The van der Waals surface area contributed by atoms with Crippen LogP contribution in [-0.4, -0.2) is 32.7 Å². The number of rotatable bonds is 7. The molecule has 2 N–H and O–H groups in total. The molecular weight excluding hydrogens is 508 g/mol. The van der Waals surface area contributed by atoms with Crippen LogP contribution in [0.4, 0.5) is 11.4 Å². The summed E-state index contributed by atoms with van der Waals surface area (Å²) in [6.45, 7) is 8.10. The first-order chi connectivity index (χ1) is 18.8. The molecule has 0 aliphatic carbocycles. The Morgan fingerprint density at radius 1 is 1.08 bits per heavy atom. The first-order valence-electron chi connectivity index (χ1n) is 12.9. The molecule has 9 heteroatoms. The van der Waals surface area contributed by atoms with E-state index in [1.54, 1.807) is 13.3 Å². The van der Waals surface area contributed by atoms with Crippen molar-refractivity contribution in [3.05, 3.63) is 95.2 Å². The Balaban J connectivity index is 1.66. The Bertz CT molecular complexity index is 1530. The van der Waals surface area contributed by atoms with Crippen molar-refractivity contribution in [2.45, 2.75) is 46.2 Å². The quantitative estimate of drug-likeness (QED) is 0.290. The van der Waals surface area contributed by atoms with Crippen molar-refractivity contribution in [3.8, 4) is 11.6 Å². The summed E-state index contributed by atoms with van der Waals surface area (Å²) >= 11 is 5.93. The van der Waals surface area contributed by atoms with Crippen LogP contribution in [-0.2, 0) is 4.79 Å². The molecule has 2 atom stereocenters. The van der Waals surface area contributed by atoms with Crippen LogP contribution >= 0.6 is 12.2 Å². The Labute approximate surface area is 234 Å². The SMILES string of the molecule is CCC(=O)Nc1ccc(N2C(=S)N[C@@H](c3ccccn3)[C@H]2c2cc(C)n(-c3ncccc3C)c2C)cc1OC. The predicted molar refractivity (Wildman–Crippen MR) is 158 cm³/mol. The fourth-order valence-electron chi connectivity index (χ4n) is 5.25. The lowest BCUT2D eigenvalue weighted by Crippen LogP contribution is -2.29. The summed E-state index contributed by atoms with van der Waals surface area (Å²) < 4.78 is 7.86. The molecule has 3 aromatic heterocycles. The number of methoxy groups -OCH3 is 1. The minimum Gasteiger partial charge on any atom is -0.494 e. The van der Waals surface area contributed by atoms with E-state index in [0.717, 1.165) is 39.7 Å². The van der Waals surface area contributed by atoms with Gasteiger partial charge in [-0.1, -0.05) is 19.1 Å². The van der Waals surface area contributed by atoms with E-state index < -0.39 is 0 Å². The summed E-state index contributed by atoms with van der Waals surface area (Å²) in [7, 11) is 1.60. The summed E-state index contributed by atoms with van der Waals surface area (Å²) in [6, 6.07) is 17.5. The van der Waals surface area contributed by atoms with Gasteiger partial charge < -0.3 is 24.8 Å². The van der Waals surface area contributed by atoms with E-state index >= 15 is 0 Å². The molecule has 0 unspecified atom stereocenters. The van der Waals surface area contributed by atoms with Crippen LogP contribution in [0.5, 0.6) is 5.75 Å². The Morgan fingerprint density at radius 3 is 2.56 bits per heavy atom. The first-order valence-corrected chi connectivity index (χ1v) is 13.3. The summed E-state index contributed by atoms with van der Waals surface area (Å²) in [5.74, 6) is 1.39. The van der Waals surface area contributed by atoms with Gasteiger partial charge in [0.2, 0.25) is 5.91 Å². The summed E-state index contributed by atoms with van der Waals surface area (Å²) in [4.78, 5) is 23.5. The zero-order chi connectivity index (χ0) is 27.7. The second kappa shape index (κ2) is 10.9. The number of nitrogens with zero attached hydrogens (tertiary/aromatic N) is 4. The number of aromatic nitrogens is 3. The van der Waals surface area contributed by atoms with Gasteiger partial charge in [-0.3, -0.25) is 9.78 Å². The van der Waals surface area contributed by atoms with Gasteiger partial charge >= 0.3 is 0 Å². The highest BCUT2D eigenvalue weighted by Gasteiger charge is 2.42. The number of hydrogen-bond donors (Lipinski definition) is 2. The number of nitrogens with one attached hydrogen (secondary N) is 2. The zero-order valence-electron chi connectivity index (χ0n) is 22.7. The molecule has 4 heterocycles. The molecule has 1 fully saturated rings. The van der Waals surface area contributed by atoms with Gasteiger partial charge in [0.05, 0.1) is 30.6 Å². The summed E-state index contributed by atoms with van der Waals surface area (Å²) in [6.07, 6.45) is 4.00. The summed E-state index contributed by atoms with van der Waals surface area (Å²) in [5.41, 5.74) is 6.73. The van der Waals surface area contributed by atoms with Gasteiger partial charge in [0.25, 0.3) is 0 Å². The molecule has 8 nitrogen and oxygen atoms in total. The minimum absolute atomic E-state index is 0.0789. The van der Waals surface area contributed by atoms with Gasteiger partial charge in [-0.15, -0.1) is 0 Å². The fourth-order valence-corrected chi connectivity index (χ4v) is 5.59. The van der Waals surface area contributed by atoms with Gasteiger partial charge in [-0.05, 0) is 80.5 Å². The van der Waals surface area contributed by atoms with Gasteiger partial charge in [0, 0.05) is 42.0 Å². The first kappa shape index (κ1) is 26.4. The third-order valence-corrected chi connectivity index (χ3v) is 7.45. The lowest BCUT2D eigenvalue weighted by atomic mass is 9.96. The van der Waals surface area contributed by atoms with Crippen LogP contribution in [0.3, 0.4) is 0 Å². The van der Waals surface area contributed by atoms with Crippen molar-refractivity contribution >= 4 is 34.6 Å². The van der Waals surface area contributed by atoms with E-state index in [4.69, 9.17) is 17.0 Å². The average Bonchev–Trinajstić information content (AvgIpc) is 3.44. The molecular formula is C30H32N6O2S. The Kier molecular flexibility index (Phi) is 7.34. The third-order valence-electron chi connectivity index (χ3n) is 7.14. The molecule has 1 aliphatic rings. The molecule has 0 spiro atoms. The molecule has 1 aromatic carbocycles.